The molecule has 1 aromatic heterocycles. The fourth-order valence-electron chi connectivity index (χ4n) is 1.68. The van der Waals surface area contributed by atoms with Crippen LogP contribution >= 0.6 is 11.6 Å². The molecule has 0 saturated heterocycles. The van der Waals surface area contributed by atoms with E-state index >= 15 is 0 Å². The summed E-state index contributed by atoms with van der Waals surface area (Å²) in [6.45, 7) is 0.585. The summed E-state index contributed by atoms with van der Waals surface area (Å²) in [5, 5.41) is 12.1. The molecule has 0 radical (unpaired) electrons. The third-order valence-electron chi connectivity index (χ3n) is 2.53. The molecule has 0 amide bonds. The van der Waals surface area contributed by atoms with Gasteiger partial charge in [0.1, 0.15) is 16.8 Å². The fraction of sp³-hybridized carbons (Fsp3) is 0.143. The van der Waals surface area contributed by atoms with Crippen LogP contribution in [-0.2, 0) is 6.42 Å². The second-order valence-electron chi connectivity index (χ2n) is 3.98. The highest BCUT2D eigenvalue weighted by Crippen LogP contribution is 2.14. The summed E-state index contributed by atoms with van der Waals surface area (Å²) in [6.07, 6.45) is 0.661. The molecule has 0 aliphatic carbocycles. The van der Waals surface area contributed by atoms with Crippen molar-refractivity contribution in [2.24, 2.45) is 0 Å². The Kier molecular flexibility index (Phi) is 4.32. The van der Waals surface area contributed by atoms with E-state index in [0.29, 0.717) is 24.3 Å². The number of hydrogen-bond donors (Lipinski definition) is 1. The first-order valence-corrected chi connectivity index (χ1v) is 6.11. The average Bonchev–Trinajstić information content (AvgIpc) is 2.38. The van der Waals surface area contributed by atoms with Gasteiger partial charge in [-0.1, -0.05) is 23.7 Å². The molecule has 0 spiro atoms. The van der Waals surface area contributed by atoms with Gasteiger partial charge in [0.2, 0.25) is 0 Å². The Morgan fingerprint density at radius 2 is 2.16 bits per heavy atom. The molecule has 19 heavy (non-hydrogen) atoms. The van der Waals surface area contributed by atoms with E-state index in [2.05, 4.69) is 10.3 Å². The van der Waals surface area contributed by atoms with Gasteiger partial charge in [0, 0.05) is 6.54 Å². The molecular formula is C14H11ClFN3. The number of aromatic nitrogens is 1. The van der Waals surface area contributed by atoms with E-state index in [4.69, 9.17) is 16.9 Å². The molecular weight excluding hydrogens is 265 g/mol. The van der Waals surface area contributed by atoms with Crippen LogP contribution in [-0.4, -0.2) is 11.5 Å². The van der Waals surface area contributed by atoms with E-state index in [1.54, 1.807) is 12.1 Å². The lowest BCUT2D eigenvalue weighted by Gasteiger charge is -2.06. The number of anilines is 1. The number of halogens is 2. The molecule has 0 aliphatic heterocycles. The third-order valence-corrected chi connectivity index (χ3v) is 2.73. The Labute approximate surface area is 115 Å². The molecule has 1 aromatic carbocycles. The second-order valence-corrected chi connectivity index (χ2v) is 4.37. The fourth-order valence-corrected chi connectivity index (χ4v) is 1.89. The lowest BCUT2D eigenvalue weighted by atomic mass is 10.1. The van der Waals surface area contributed by atoms with Crippen LogP contribution < -0.4 is 5.32 Å². The summed E-state index contributed by atoms with van der Waals surface area (Å²) in [7, 11) is 0. The highest BCUT2D eigenvalue weighted by Gasteiger charge is 2.01. The van der Waals surface area contributed by atoms with E-state index in [0.717, 1.165) is 5.56 Å². The van der Waals surface area contributed by atoms with E-state index in [1.807, 2.05) is 12.1 Å². The van der Waals surface area contributed by atoms with Crippen LogP contribution in [0.3, 0.4) is 0 Å². The van der Waals surface area contributed by atoms with Gasteiger partial charge < -0.3 is 5.32 Å². The zero-order chi connectivity index (χ0) is 13.7. The molecule has 3 nitrogen and oxygen atoms in total. The minimum Gasteiger partial charge on any atom is -0.370 e. The molecule has 96 valence electrons. The monoisotopic (exact) mass is 275 g/mol. The lowest BCUT2D eigenvalue weighted by molar-refractivity contribution is 0.625. The van der Waals surface area contributed by atoms with Crippen molar-refractivity contribution in [1.82, 2.24) is 4.98 Å². The predicted molar refractivity (Wildman–Crippen MR) is 72.6 cm³/mol. The van der Waals surface area contributed by atoms with E-state index in [9.17, 15) is 4.39 Å². The number of hydrogen-bond acceptors (Lipinski definition) is 3. The van der Waals surface area contributed by atoms with Gasteiger partial charge >= 0.3 is 0 Å². The van der Waals surface area contributed by atoms with Crippen molar-refractivity contribution in [1.29, 1.82) is 5.26 Å². The van der Waals surface area contributed by atoms with Crippen molar-refractivity contribution >= 4 is 17.4 Å². The van der Waals surface area contributed by atoms with Gasteiger partial charge in [-0.3, -0.25) is 0 Å². The van der Waals surface area contributed by atoms with Crippen LogP contribution in [0.1, 0.15) is 11.1 Å². The van der Waals surface area contributed by atoms with Crippen molar-refractivity contribution in [2.75, 3.05) is 11.9 Å². The molecule has 2 aromatic rings. The van der Waals surface area contributed by atoms with Crippen molar-refractivity contribution in [2.45, 2.75) is 6.42 Å². The molecule has 0 fully saturated rings. The van der Waals surface area contributed by atoms with Crippen molar-refractivity contribution in [3.63, 3.8) is 0 Å². The van der Waals surface area contributed by atoms with E-state index < -0.39 is 0 Å². The van der Waals surface area contributed by atoms with Crippen LogP contribution in [0, 0.1) is 17.1 Å². The summed E-state index contributed by atoms with van der Waals surface area (Å²) >= 11 is 5.79. The molecule has 1 heterocycles. The maximum Gasteiger partial charge on any atom is 0.132 e. The van der Waals surface area contributed by atoms with Crippen molar-refractivity contribution < 1.29 is 4.39 Å². The Morgan fingerprint density at radius 3 is 2.89 bits per heavy atom. The van der Waals surface area contributed by atoms with Gasteiger partial charge in [-0.15, -0.1) is 0 Å². The number of rotatable bonds is 4. The molecule has 0 bridgehead atoms. The smallest absolute Gasteiger partial charge is 0.132 e. The average molecular weight is 276 g/mol. The van der Waals surface area contributed by atoms with Crippen molar-refractivity contribution in [3.8, 4) is 6.07 Å². The number of nitriles is 1. The largest absolute Gasteiger partial charge is 0.370 e. The summed E-state index contributed by atoms with van der Waals surface area (Å²) < 4.78 is 13.0. The topological polar surface area (TPSA) is 48.7 Å². The number of pyridine rings is 1. The Hall–Kier alpha value is -2.12. The number of benzene rings is 1. The molecule has 0 atom stereocenters. The quantitative estimate of drug-likeness (QED) is 0.870. The predicted octanol–water partition coefficient (Wildman–Crippen LogP) is 3.40. The molecule has 0 aliphatic rings. The van der Waals surface area contributed by atoms with Crippen LogP contribution in [0.5, 0.6) is 0 Å². The maximum absolute atomic E-state index is 13.0. The summed E-state index contributed by atoms with van der Waals surface area (Å²) in [5.74, 6) is 0.297. The third kappa shape index (κ3) is 3.94. The summed E-state index contributed by atoms with van der Waals surface area (Å²) in [4.78, 5) is 4.06. The van der Waals surface area contributed by atoms with Gasteiger partial charge in [0.25, 0.3) is 0 Å². The molecule has 0 saturated carbocycles. The zero-order valence-electron chi connectivity index (χ0n) is 10.0. The second kappa shape index (κ2) is 6.17. The number of nitrogens with zero attached hydrogens (tertiary/aromatic N) is 2. The molecule has 5 heteroatoms. The lowest BCUT2D eigenvalue weighted by Crippen LogP contribution is -2.06. The molecule has 1 N–H and O–H groups in total. The molecule has 2 rings (SSSR count). The highest BCUT2D eigenvalue weighted by atomic mass is 35.5. The van der Waals surface area contributed by atoms with Crippen LogP contribution in [0.15, 0.2) is 36.4 Å². The molecule has 0 unspecified atom stereocenters. The zero-order valence-corrected chi connectivity index (χ0v) is 10.8. The first-order chi connectivity index (χ1) is 9.17. The first-order valence-electron chi connectivity index (χ1n) is 5.73. The summed E-state index contributed by atoms with van der Waals surface area (Å²) in [5.41, 5.74) is 1.35. The van der Waals surface area contributed by atoms with Crippen molar-refractivity contribution in [3.05, 3.63) is 58.5 Å². The van der Waals surface area contributed by atoms with Crippen LogP contribution in [0.25, 0.3) is 0 Å². The minimum atomic E-state index is -0.245. The summed E-state index contributed by atoms with van der Waals surface area (Å²) in [6, 6.07) is 11.6. The Bertz CT molecular complexity index is 622. The minimum absolute atomic E-state index is 0.245. The van der Waals surface area contributed by atoms with Gasteiger partial charge in [-0.25, -0.2) is 9.37 Å². The van der Waals surface area contributed by atoms with E-state index in [-0.39, 0.29) is 11.0 Å². The Balaban J connectivity index is 1.96. The SMILES string of the molecule is N#Cc1cc(Cl)nc(NCCc2cccc(F)c2)c1. The van der Waals surface area contributed by atoms with Crippen LogP contribution in [0.2, 0.25) is 5.15 Å². The number of nitrogens with one attached hydrogen (secondary N) is 1. The van der Waals surface area contributed by atoms with E-state index in [1.165, 1.54) is 18.2 Å². The highest BCUT2D eigenvalue weighted by molar-refractivity contribution is 6.29. The first kappa shape index (κ1) is 13.3. The van der Waals surface area contributed by atoms with Gasteiger partial charge in [-0.2, -0.15) is 5.26 Å². The Morgan fingerprint density at radius 1 is 1.32 bits per heavy atom. The van der Waals surface area contributed by atoms with Gasteiger partial charge in [0.05, 0.1) is 11.6 Å². The van der Waals surface area contributed by atoms with Crippen LogP contribution in [0.4, 0.5) is 10.2 Å². The maximum atomic E-state index is 13.0. The van der Waals surface area contributed by atoms with Gasteiger partial charge in [-0.05, 0) is 36.2 Å². The normalized spacial score (nSPS) is 9.95. The standard InChI is InChI=1S/C14H11ClFN3/c15-13-7-11(9-17)8-14(19-13)18-5-4-10-2-1-3-12(16)6-10/h1-3,6-8H,4-5H2,(H,18,19). The van der Waals surface area contributed by atoms with Gasteiger partial charge in [0.15, 0.2) is 0 Å².